The summed E-state index contributed by atoms with van der Waals surface area (Å²) in [5.41, 5.74) is 1.88. The number of anilines is 1. The molecule has 0 aliphatic carbocycles. The van der Waals surface area contributed by atoms with Gasteiger partial charge in [0.15, 0.2) is 5.65 Å². The lowest BCUT2D eigenvalue weighted by Gasteiger charge is -2.32. The van der Waals surface area contributed by atoms with Crippen LogP contribution < -0.4 is 10.4 Å². The summed E-state index contributed by atoms with van der Waals surface area (Å²) in [7, 11) is 5.49. The maximum atomic E-state index is 6.08. The smallest absolute Gasteiger partial charge is 0.399 e. The van der Waals surface area contributed by atoms with Gasteiger partial charge < -0.3 is 14.2 Å². The maximum Gasteiger partial charge on any atom is 0.496 e. The summed E-state index contributed by atoms with van der Waals surface area (Å²) in [6.45, 7) is 8.18. The normalized spacial score (nSPS) is 19.9. The summed E-state index contributed by atoms with van der Waals surface area (Å²) in [5.74, 6) is 0.869. The molecule has 2 aromatic rings. The number of pyridine rings is 1. The number of nitrogens with zero attached hydrogens (tertiary/aromatic N) is 4. The molecule has 0 amide bonds. The maximum absolute atomic E-state index is 6.08. The van der Waals surface area contributed by atoms with Gasteiger partial charge in [0, 0.05) is 32.8 Å². The van der Waals surface area contributed by atoms with Gasteiger partial charge in [-0.3, -0.25) is 4.57 Å². The fourth-order valence-corrected chi connectivity index (χ4v) is 2.59. The number of imidazole rings is 1. The third kappa shape index (κ3) is 2.19. The molecule has 0 unspecified atom stereocenters. The minimum atomic E-state index is -0.410. The zero-order chi connectivity index (χ0) is 16.3. The van der Waals surface area contributed by atoms with Crippen molar-refractivity contribution in [1.82, 2.24) is 14.5 Å². The van der Waals surface area contributed by atoms with Crippen LogP contribution in [0.3, 0.4) is 0 Å². The fraction of sp³-hybridized carbons (Fsp3) is 0.600. The van der Waals surface area contributed by atoms with Crippen LogP contribution in [-0.2, 0) is 16.4 Å². The van der Waals surface area contributed by atoms with E-state index in [1.54, 1.807) is 0 Å². The van der Waals surface area contributed by atoms with E-state index in [4.69, 9.17) is 9.31 Å². The summed E-state index contributed by atoms with van der Waals surface area (Å²) in [6.07, 6.45) is 1.81. The number of aromatic nitrogens is 3. The van der Waals surface area contributed by atoms with Gasteiger partial charge in [-0.25, -0.2) is 9.97 Å². The van der Waals surface area contributed by atoms with Gasteiger partial charge >= 0.3 is 7.12 Å². The second kappa shape index (κ2) is 4.70. The molecular weight excluding hydrogens is 279 g/mol. The van der Waals surface area contributed by atoms with E-state index < -0.39 is 7.12 Å². The molecule has 3 heterocycles. The first kappa shape index (κ1) is 15.3. The van der Waals surface area contributed by atoms with Crippen molar-refractivity contribution in [2.75, 3.05) is 19.0 Å². The molecule has 7 heteroatoms. The van der Waals surface area contributed by atoms with E-state index in [0.717, 1.165) is 22.6 Å². The average molecular weight is 302 g/mol. The number of rotatable bonds is 2. The van der Waals surface area contributed by atoms with Gasteiger partial charge in [0.25, 0.3) is 0 Å². The van der Waals surface area contributed by atoms with Gasteiger partial charge in [0.2, 0.25) is 5.95 Å². The van der Waals surface area contributed by atoms with E-state index in [1.165, 1.54) is 0 Å². The van der Waals surface area contributed by atoms with Crippen molar-refractivity contribution in [3.05, 3.63) is 12.3 Å². The quantitative estimate of drug-likeness (QED) is 0.784. The van der Waals surface area contributed by atoms with Crippen molar-refractivity contribution in [1.29, 1.82) is 0 Å². The van der Waals surface area contributed by atoms with Crippen molar-refractivity contribution in [2.24, 2.45) is 7.05 Å². The number of hydrogen-bond donors (Lipinski definition) is 0. The minimum Gasteiger partial charge on any atom is -0.399 e. The van der Waals surface area contributed by atoms with Crippen LogP contribution in [0.2, 0.25) is 0 Å². The van der Waals surface area contributed by atoms with E-state index in [2.05, 4.69) is 9.97 Å². The summed E-state index contributed by atoms with van der Waals surface area (Å²) in [5, 5.41) is 0. The van der Waals surface area contributed by atoms with Crippen molar-refractivity contribution in [2.45, 2.75) is 38.9 Å². The molecule has 0 aromatic carbocycles. The Labute approximate surface area is 131 Å². The summed E-state index contributed by atoms with van der Waals surface area (Å²) in [4.78, 5) is 11.1. The largest absolute Gasteiger partial charge is 0.496 e. The first-order chi connectivity index (χ1) is 10.1. The molecule has 1 aliphatic rings. The second-order valence-electron chi connectivity index (χ2n) is 7.06. The van der Waals surface area contributed by atoms with Crippen LogP contribution in [0.5, 0.6) is 0 Å². The molecule has 118 valence electrons. The molecule has 0 atom stereocenters. The molecule has 1 saturated heterocycles. The molecule has 0 radical (unpaired) electrons. The van der Waals surface area contributed by atoms with Crippen LogP contribution in [0.25, 0.3) is 11.2 Å². The third-order valence-electron chi connectivity index (χ3n) is 4.63. The lowest BCUT2D eigenvalue weighted by molar-refractivity contribution is 0.00578. The van der Waals surface area contributed by atoms with Crippen LogP contribution in [0.4, 0.5) is 5.95 Å². The van der Waals surface area contributed by atoms with Crippen LogP contribution in [0, 0.1) is 0 Å². The molecule has 0 saturated carbocycles. The van der Waals surface area contributed by atoms with E-state index in [0.29, 0.717) is 0 Å². The zero-order valence-corrected chi connectivity index (χ0v) is 14.3. The van der Waals surface area contributed by atoms with Gasteiger partial charge in [-0.2, -0.15) is 0 Å². The van der Waals surface area contributed by atoms with Gasteiger partial charge in [0.1, 0.15) is 5.52 Å². The molecule has 1 fully saturated rings. The second-order valence-corrected chi connectivity index (χ2v) is 7.06. The first-order valence-electron chi connectivity index (χ1n) is 7.48. The molecule has 2 aromatic heterocycles. The molecule has 22 heavy (non-hydrogen) atoms. The Bertz CT molecular complexity index is 708. The predicted octanol–water partition coefficient (Wildman–Crippen LogP) is 1.33. The number of fused-ring (bicyclic) bond motifs is 1. The molecule has 0 N–H and O–H groups in total. The van der Waals surface area contributed by atoms with Gasteiger partial charge in [-0.15, -0.1) is 0 Å². The van der Waals surface area contributed by atoms with E-state index in [1.807, 2.05) is 70.6 Å². The fourth-order valence-electron chi connectivity index (χ4n) is 2.59. The lowest BCUT2D eigenvalue weighted by Crippen LogP contribution is -2.41. The molecule has 0 bridgehead atoms. The highest BCUT2D eigenvalue weighted by Gasteiger charge is 2.51. The van der Waals surface area contributed by atoms with Crippen LogP contribution in [-0.4, -0.2) is 47.0 Å². The Morgan fingerprint density at radius 2 is 1.73 bits per heavy atom. The van der Waals surface area contributed by atoms with E-state index in [9.17, 15) is 0 Å². The van der Waals surface area contributed by atoms with Gasteiger partial charge in [-0.1, -0.05) is 0 Å². The van der Waals surface area contributed by atoms with Crippen LogP contribution >= 0.6 is 0 Å². The summed E-state index contributed by atoms with van der Waals surface area (Å²) < 4.78 is 14.1. The van der Waals surface area contributed by atoms with Crippen molar-refractivity contribution in [3.8, 4) is 0 Å². The zero-order valence-electron chi connectivity index (χ0n) is 14.3. The highest BCUT2D eigenvalue weighted by molar-refractivity contribution is 6.62. The number of aryl methyl sites for hydroxylation is 1. The molecular formula is C15H23BN4O2. The summed E-state index contributed by atoms with van der Waals surface area (Å²) >= 11 is 0. The van der Waals surface area contributed by atoms with Crippen molar-refractivity contribution >= 4 is 29.7 Å². The Kier molecular flexibility index (Phi) is 3.27. The third-order valence-corrected chi connectivity index (χ3v) is 4.63. The Morgan fingerprint density at radius 1 is 1.14 bits per heavy atom. The highest BCUT2D eigenvalue weighted by Crippen LogP contribution is 2.36. The topological polar surface area (TPSA) is 52.4 Å². The molecule has 3 rings (SSSR count). The van der Waals surface area contributed by atoms with Crippen molar-refractivity contribution < 1.29 is 9.31 Å². The Morgan fingerprint density at radius 3 is 2.27 bits per heavy atom. The average Bonchev–Trinajstić information content (AvgIpc) is 2.84. The van der Waals surface area contributed by atoms with Crippen LogP contribution in [0.1, 0.15) is 27.7 Å². The standard InChI is InChI=1S/C15H23BN4O2/c1-14(2)15(3,4)22-16(21-14)10-8-11-12(17-9-10)20(7)13(18-11)19(5)6/h8-9H,1-7H3. The van der Waals surface area contributed by atoms with E-state index in [-0.39, 0.29) is 11.2 Å². The Hall–Kier alpha value is -1.60. The number of hydrogen-bond acceptors (Lipinski definition) is 5. The first-order valence-corrected chi connectivity index (χ1v) is 7.48. The summed E-state index contributed by atoms with van der Waals surface area (Å²) in [6, 6.07) is 2.00. The Balaban J connectivity index is 2.00. The van der Waals surface area contributed by atoms with E-state index >= 15 is 0 Å². The predicted molar refractivity (Wildman–Crippen MR) is 88.6 cm³/mol. The minimum absolute atomic E-state index is 0.356. The SMILES string of the molecule is CN(C)c1nc2cc(B3OC(C)(C)C(C)(C)O3)cnc2n1C. The highest BCUT2D eigenvalue weighted by atomic mass is 16.7. The van der Waals surface area contributed by atoms with Crippen molar-refractivity contribution in [3.63, 3.8) is 0 Å². The monoisotopic (exact) mass is 302 g/mol. The molecule has 6 nitrogen and oxygen atoms in total. The van der Waals surface area contributed by atoms with Crippen LogP contribution in [0.15, 0.2) is 12.3 Å². The van der Waals surface area contributed by atoms with Gasteiger partial charge in [-0.05, 0) is 33.8 Å². The molecule has 0 spiro atoms. The lowest BCUT2D eigenvalue weighted by atomic mass is 9.80. The molecule has 1 aliphatic heterocycles. The van der Waals surface area contributed by atoms with Gasteiger partial charge in [0.05, 0.1) is 11.2 Å².